The summed E-state index contributed by atoms with van der Waals surface area (Å²) < 4.78 is 0. The molecule has 0 bridgehead atoms. The predicted molar refractivity (Wildman–Crippen MR) is 85.6 cm³/mol. The largest absolute Gasteiger partial charge is 0.303 e. The zero-order chi connectivity index (χ0) is 13.1. The average Bonchev–Trinajstić information content (AvgIpc) is 2.42. The van der Waals surface area contributed by atoms with Gasteiger partial charge in [-0.15, -0.1) is 0 Å². The van der Waals surface area contributed by atoms with E-state index in [1.165, 1.54) is 89.2 Å². The summed E-state index contributed by atoms with van der Waals surface area (Å²) in [5.74, 6) is 0.944. The van der Waals surface area contributed by atoms with E-state index in [1.54, 1.807) is 0 Å². The van der Waals surface area contributed by atoms with Gasteiger partial charge in [-0.25, -0.2) is 0 Å². The molecular weight excluding hydrogens is 286 g/mol. The van der Waals surface area contributed by atoms with E-state index in [9.17, 15) is 0 Å². The van der Waals surface area contributed by atoms with Gasteiger partial charge in [0, 0.05) is 5.33 Å². The Balaban J connectivity index is 1.84. The highest BCUT2D eigenvalue weighted by Crippen LogP contribution is 2.19. The molecule has 1 heterocycles. The molecule has 1 nitrogen and oxygen atoms in total. The molecule has 0 radical (unpaired) electrons. The third-order valence-corrected chi connectivity index (χ3v) is 5.17. The number of unbranched alkanes of at least 4 members (excludes halogenated alkanes) is 7. The van der Waals surface area contributed by atoms with E-state index in [0.29, 0.717) is 0 Å². The van der Waals surface area contributed by atoms with E-state index >= 15 is 0 Å². The summed E-state index contributed by atoms with van der Waals surface area (Å²) in [6, 6.07) is 0. The zero-order valence-corrected chi connectivity index (χ0v) is 13.9. The summed E-state index contributed by atoms with van der Waals surface area (Å²) in [6.07, 6.45) is 14.3. The van der Waals surface area contributed by atoms with Crippen LogP contribution in [0.15, 0.2) is 0 Å². The second-order valence-electron chi connectivity index (χ2n) is 5.91. The number of hydrogen-bond donors (Lipinski definition) is 0. The van der Waals surface area contributed by atoms with Crippen molar-refractivity contribution in [1.29, 1.82) is 0 Å². The minimum Gasteiger partial charge on any atom is -0.303 e. The van der Waals surface area contributed by atoms with Crippen molar-refractivity contribution in [2.75, 3.05) is 25.0 Å². The van der Waals surface area contributed by atoms with Crippen LogP contribution in [-0.2, 0) is 0 Å². The molecule has 0 unspecified atom stereocenters. The topological polar surface area (TPSA) is 3.24 Å². The average molecular weight is 318 g/mol. The molecule has 0 spiro atoms. The fraction of sp³-hybridized carbons (Fsp3) is 1.00. The van der Waals surface area contributed by atoms with Crippen LogP contribution >= 0.6 is 15.9 Å². The van der Waals surface area contributed by atoms with Crippen molar-refractivity contribution in [2.24, 2.45) is 5.92 Å². The predicted octanol–water partition coefficient (Wildman–Crippen LogP) is 5.23. The fourth-order valence-corrected chi connectivity index (χ4v) is 3.48. The lowest BCUT2D eigenvalue weighted by atomic mass is 9.99. The number of piperidine rings is 1. The van der Waals surface area contributed by atoms with Crippen molar-refractivity contribution in [3.05, 3.63) is 0 Å². The van der Waals surface area contributed by atoms with Gasteiger partial charge in [-0.2, -0.15) is 0 Å². The number of hydrogen-bond acceptors (Lipinski definition) is 1. The number of halogens is 1. The van der Waals surface area contributed by atoms with Gasteiger partial charge < -0.3 is 4.90 Å². The molecule has 1 aliphatic rings. The second-order valence-corrected chi connectivity index (χ2v) is 6.56. The minimum atomic E-state index is 0.944. The Morgan fingerprint density at radius 3 is 2.00 bits per heavy atom. The summed E-state index contributed by atoms with van der Waals surface area (Å²) in [5, 5.41) is 1.21. The molecule has 0 saturated carbocycles. The van der Waals surface area contributed by atoms with Crippen LogP contribution in [0.25, 0.3) is 0 Å². The van der Waals surface area contributed by atoms with Gasteiger partial charge in [-0.05, 0) is 44.8 Å². The molecule has 1 saturated heterocycles. The van der Waals surface area contributed by atoms with Crippen LogP contribution in [0.3, 0.4) is 0 Å². The van der Waals surface area contributed by atoms with Crippen LogP contribution in [0.5, 0.6) is 0 Å². The van der Waals surface area contributed by atoms with Crippen LogP contribution in [-0.4, -0.2) is 29.9 Å². The van der Waals surface area contributed by atoms with Crippen LogP contribution in [0.2, 0.25) is 0 Å². The molecule has 0 atom stereocenters. The van der Waals surface area contributed by atoms with E-state index < -0.39 is 0 Å². The quantitative estimate of drug-likeness (QED) is 0.393. The van der Waals surface area contributed by atoms with E-state index in [1.807, 2.05) is 0 Å². The summed E-state index contributed by atoms with van der Waals surface area (Å²) in [6.45, 7) is 6.32. The van der Waals surface area contributed by atoms with E-state index in [2.05, 4.69) is 27.8 Å². The second kappa shape index (κ2) is 11.3. The van der Waals surface area contributed by atoms with Gasteiger partial charge in [0.25, 0.3) is 0 Å². The van der Waals surface area contributed by atoms with Crippen molar-refractivity contribution in [1.82, 2.24) is 4.90 Å². The molecule has 0 aromatic carbocycles. The fourth-order valence-electron chi connectivity index (χ4n) is 2.83. The van der Waals surface area contributed by atoms with Crippen LogP contribution in [0.4, 0.5) is 0 Å². The third-order valence-electron chi connectivity index (χ3n) is 4.25. The van der Waals surface area contributed by atoms with Crippen molar-refractivity contribution in [3.8, 4) is 0 Å². The van der Waals surface area contributed by atoms with Gasteiger partial charge in [0.2, 0.25) is 0 Å². The maximum atomic E-state index is 3.61. The van der Waals surface area contributed by atoms with Crippen molar-refractivity contribution >= 4 is 15.9 Å². The molecule has 1 fully saturated rings. The highest BCUT2D eigenvalue weighted by atomic mass is 79.9. The summed E-state index contributed by atoms with van der Waals surface area (Å²) in [7, 11) is 0. The highest BCUT2D eigenvalue weighted by molar-refractivity contribution is 9.09. The highest BCUT2D eigenvalue weighted by Gasteiger charge is 2.17. The molecule has 0 aromatic heterocycles. The zero-order valence-electron chi connectivity index (χ0n) is 12.3. The van der Waals surface area contributed by atoms with Crippen molar-refractivity contribution < 1.29 is 0 Å². The summed E-state index contributed by atoms with van der Waals surface area (Å²) >= 11 is 3.61. The maximum absolute atomic E-state index is 3.61. The smallest absolute Gasteiger partial charge is 0.00606 e. The molecule has 0 aliphatic carbocycles. The van der Waals surface area contributed by atoms with Crippen LogP contribution in [0, 0.1) is 5.92 Å². The summed E-state index contributed by atoms with van der Waals surface area (Å²) in [5.41, 5.74) is 0. The maximum Gasteiger partial charge on any atom is 0.00606 e. The Labute approximate surface area is 123 Å². The summed E-state index contributed by atoms with van der Waals surface area (Å²) in [4.78, 5) is 2.68. The molecule has 1 rings (SSSR count). The molecule has 108 valence electrons. The van der Waals surface area contributed by atoms with E-state index in [-0.39, 0.29) is 0 Å². The molecule has 1 aliphatic heterocycles. The van der Waals surface area contributed by atoms with Crippen LogP contribution < -0.4 is 0 Å². The molecule has 18 heavy (non-hydrogen) atoms. The Bertz CT molecular complexity index is 176. The normalized spacial score (nSPS) is 18.3. The molecule has 0 aromatic rings. The van der Waals surface area contributed by atoms with E-state index in [4.69, 9.17) is 0 Å². The van der Waals surface area contributed by atoms with Gasteiger partial charge in [0.15, 0.2) is 0 Å². The first-order valence-electron chi connectivity index (χ1n) is 8.15. The minimum absolute atomic E-state index is 0.944. The van der Waals surface area contributed by atoms with Gasteiger partial charge >= 0.3 is 0 Å². The first-order chi connectivity index (χ1) is 8.86. The Morgan fingerprint density at radius 2 is 1.44 bits per heavy atom. The number of alkyl halides is 1. The van der Waals surface area contributed by atoms with Gasteiger partial charge in [0.1, 0.15) is 0 Å². The van der Waals surface area contributed by atoms with E-state index in [0.717, 1.165) is 5.92 Å². The van der Waals surface area contributed by atoms with Crippen molar-refractivity contribution in [3.63, 3.8) is 0 Å². The number of nitrogens with zero attached hydrogens (tertiary/aromatic N) is 1. The SMILES string of the molecule is CCCCCCCCCCN1CCC(CBr)CC1. The first-order valence-corrected chi connectivity index (χ1v) is 9.27. The van der Waals surface area contributed by atoms with Gasteiger partial charge in [-0.1, -0.05) is 67.8 Å². The van der Waals surface area contributed by atoms with Gasteiger partial charge in [-0.3, -0.25) is 0 Å². The third kappa shape index (κ3) is 7.78. The lowest BCUT2D eigenvalue weighted by Crippen LogP contribution is -2.34. The standard InChI is InChI=1S/C16H32BrN/c1-2-3-4-5-6-7-8-9-12-18-13-10-16(15-17)11-14-18/h16H,2-15H2,1H3. The Kier molecular flexibility index (Phi) is 10.3. The van der Waals surface area contributed by atoms with Crippen LogP contribution in [0.1, 0.15) is 71.1 Å². The monoisotopic (exact) mass is 317 g/mol. The molecule has 2 heteroatoms. The number of rotatable bonds is 10. The molecular formula is C16H32BrN. The lowest BCUT2D eigenvalue weighted by molar-refractivity contribution is 0.191. The van der Waals surface area contributed by atoms with Gasteiger partial charge in [0.05, 0.1) is 0 Å². The molecule has 0 amide bonds. The Morgan fingerprint density at radius 1 is 0.889 bits per heavy atom. The molecule has 0 N–H and O–H groups in total. The Hall–Kier alpha value is 0.440. The van der Waals surface area contributed by atoms with Crippen molar-refractivity contribution in [2.45, 2.75) is 71.1 Å². The number of likely N-dealkylation sites (tertiary alicyclic amines) is 1. The lowest BCUT2D eigenvalue weighted by Gasteiger charge is -2.31. The first kappa shape index (κ1) is 16.5.